The SMILES string of the molecule is Cc1cc(NCc2ccccc2O)c([N+](=O)[O-])cc1C. The van der Waals surface area contributed by atoms with E-state index < -0.39 is 4.92 Å². The third-order valence-corrected chi connectivity index (χ3v) is 3.27. The molecule has 0 saturated heterocycles. The Bertz CT molecular complexity index is 654. The minimum Gasteiger partial charge on any atom is -0.508 e. The van der Waals surface area contributed by atoms with Crippen molar-refractivity contribution in [1.82, 2.24) is 0 Å². The molecule has 2 aromatic carbocycles. The number of para-hydroxylation sites is 1. The highest BCUT2D eigenvalue weighted by Crippen LogP contribution is 2.29. The monoisotopic (exact) mass is 272 g/mol. The van der Waals surface area contributed by atoms with E-state index in [0.717, 1.165) is 11.1 Å². The van der Waals surface area contributed by atoms with Crippen LogP contribution in [0.3, 0.4) is 0 Å². The van der Waals surface area contributed by atoms with Gasteiger partial charge in [-0.1, -0.05) is 18.2 Å². The van der Waals surface area contributed by atoms with Crippen molar-refractivity contribution < 1.29 is 10.0 Å². The normalized spacial score (nSPS) is 10.3. The van der Waals surface area contributed by atoms with Crippen LogP contribution < -0.4 is 5.32 Å². The molecule has 0 aliphatic heterocycles. The number of nitro groups is 1. The zero-order chi connectivity index (χ0) is 14.7. The molecule has 20 heavy (non-hydrogen) atoms. The van der Waals surface area contributed by atoms with Crippen molar-refractivity contribution in [3.8, 4) is 5.75 Å². The second-order valence-corrected chi connectivity index (χ2v) is 4.69. The fraction of sp³-hybridized carbons (Fsp3) is 0.200. The van der Waals surface area contributed by atoms with Gasteiger partial charge in [0.25, 0.3) is 5.69 Å². The average Bonchev–Trinajstić information content (AvgIpc) is 2.41. The van der Waals surface area contributed by atoms with Crippen LogP contribution in [0, 0.1) is 24.0 Å². The van der Waals surface area contributed by atoms with Gasteiger partial charge in [-0.25, -0.2) is 0 Å². The number of hydrogen-bond acceptors (Lipinski definition) is 4. The summed E-state index contributed by atoms with van der Waals surface area (Å²) in [6.07, 6.45) is 0. The molecule has 0 bridgehead atoms. The Morgan fingerprint density at radius 3 is 2.50 bits per heavy atom. The Kier molecular flexibility index (Phi) is 3.89. The van der Waals surface area contributed by atoms with E-state index in [1.54, 1.807) is 30.3 Å². The minimum atomic E-state index is -0.403. The molecule has 104 valence electrons. The predicted molar refractivity (Wildman–Crippen MR) is 78.0 cm³/mol. The van der Waals surface area contributed by atoms with Gasteiger partial charge in [-0.2, -0.15) is 0 Å². The standard InChI is InChI=1S/C15H16N2O3/c1-10-7-13(14(17(19)20)8-11(10)2)16-9-12-5-3-4-6-15(12)18/h3-8,16,18H,9H2,1-2H3. The lowest BCUT2D eigenvalue weighted by molar-refractivity contribution is -0.384. The average molecular weight is 272 g/mol. The topological polar surface area (TPSA) is 75.4 Å². The number of benzene rings is 2. The number of hydrogen-bond donors (Lipinski definition) is 2. The second kappa shape index (κ2) is 5.61. The van der Waals surface area contributed by atoms with Crippen molar-refractivity contribution in [2.75, 3.05) is 5.32 Å². The van der Waals surface area contributed by atoms with Gasteiger partial charge in [0.2, 0.25) is 0 Å². The molecule has 0 saturated carbocycles. The maximum atomic E-state index is 11.1. The summed E-state index contributed by atoms with van der Waals surface area (Å²) in [6.45, 7) is 4.08. The first kappa shape index (κ1) is 13.9. The Morgan fingerprint density at radius 1 is 1.20 bits per heavy atom. The molecule has 5 nitrogen and oxygen atoms in total. The molecule has 0 spiro atoms. The summed E-state index contributed by atoms with van der Waals surface area (Å²) in [5.74, 6) is 0.173. The van der Waals surface area contributed by atoms with Crippen molar-refractivity contribution in [3.63, 3.8) is 0 Å². The van der Waals surface area contributed by atoms with E-state index in [9.17, 15) is 15.2 Å². The predicted octanol–water partition coefficient (Wildman–Crippen LogP) is 3.53. The molecule has 0 fully saturated rings. The maximum absolute atomic E-state index is 11.1. The van der Waals surface area contributed by atoms with E-state index in [0.29, 0.717) is 17.8 Å². The van der Waals surface area contributed by atoms with Gasteiger partial charge in [0.05, 0.1) is 4.92 Å². The first-order valence-electron chi connectivity index (χ1n) is 6.25. The molecule has 0 amide bonds. The van der Waals surface area contributed by atoms with Crippen LogP contribution in [0.25, 0.3) is 0 Å². The van der Waals surface area contributed by atoms with Crippen molar-refractivity contribution in [3.05, 3.63) is 63.2 Å². The van der Waals surface area contributed by atoms with E-state index in [1.165, 1.54) is 0 Å². The summed E-state index contributed by atoms with van der Waals surface area (Å²) >= 11 is 0. The summed E-state index contributed by atoms with van der Waals surface area (Å²) in [6, 6.07) is 10.2. The van der Waals surface area contributed by atoms with Crippen LogP contribution in [-0.2, 0) is 6.54 Å². The number of nitrogens with zero attached hydrogens (tertiary/aromatic N) is 1. The highest BCUT2D eigenvalue weighted by molar-refractivity contribution is 5.64. The van der Waals surface area contributed by atoms with Crippen LogP contribution in [0.1, 0.15) is 16.7 Å². The molecule has 0 radical (unpaired) electrons. The van der Waals surface area contributed by atoms with E-state index in [2.05, 4.69) is 5.32 Å². The van der Waals surface area contributed by atoms with Gasteiger partial charge in [0.15, 0.2) is 0 Å². The number of aromatic hydroxyl groups is 1. The van der Waals surface area contributed by atoms with Crippen LogP contribution >= 0.6 is 0 Å². The molecular formula is C15H16N2O3. The van der Waals surface area contributed by atoms with Crippen LogP contribution in [0.15, 0.2) is 36.4 Å². The summed E-state index contributed by atoms with van der Waals surface area (Å²) in [4.78, 5) is 10.7. The lowest BCUT2D eigenvalue weighted by Crippen LogP contribution is -2.04. The quantitative estimate of drug-likeness (QED) is 0.659. The largest absolute Gasteiger partial charge is 0.508 e. The van der Waals surface area contributed by atoms with Gasteiger partial charge < -0.3 is 10.4 Å². The molecule has 2 aromatic rings. The number of rotatable bonds is 4. The Labute approximate surface area is 117 Å². The zero-order valence-corrected chi connectivity index (χ0v) is 11.4. The fourth-order valence-corrected chi connectivity index (χ4v) is 1.94. The fourth-order valence-electron chi connectivity index (χ4n) is 1.94. The minimum absolute atomic E-state index is 0.0449. The van der Waals surface area contributed by atoms with Gasteiger partial charge in [-0.05, 0) is 37.1 Å². The van der Waals surface area contributed by atoms with Crippen LogP contribution in [0.5, 0.6) is 5.75 Å². The Morgan fingerprint density at radius 2 is 1.85 bits per heavy atom. The van der Waals surface area contributed by atoms with Gasteiger partial charge in [0, 0.05) is 18.2 Å². The molecule has 0 heterocycles. The number of phenolic OH excluding ortho intramolecular Hbond substituents is 1. The van der Waals surface area contributed by atoms with Gasteiger partial charge in [-0.3, -0.25) is 10.1 Å². The molecule has 5 heteroatoms. The van der Waals surface area contributed by atoms with E-state index >= 15 is 0 Å². The molecule has 0 unspecified atom stereocenters. The summed E-state index contributed by atoms with van der Waals surface area (Å²) in [5.41, 5.74) is 3.06. The van der Waals surface area contributed by atoms with E-state index in [-0.39, 0.29) is 11.4 Å². The van der Waals surface area contributed by atoms with Crippen LogP contribution in [0.4, 0.5) is 11.4 Å². The second-order valence-electron chi connectivity index (χ2n) is 4.69. The first-order valence-corrected chi connectivity index (χ1v) is 6.25. The Balaban J connectivity index is 2.27. The number of aryl methyl sites for hydroxylation is 2. The maximum Gasteiger partial charge on any atom is 0.292 e. The number of nitro benzene ring substituents is 1. The number of phenols is 1. The van der Waals surface area contributed by atoms with Crippen LogP contribution in [0.2, 0.25) is 0 Å². The van der Waals surface area contributed by atoms with Crippen molar-refractivity contribution in [2.45, 2.75) is 20.4 Å². The molecular weight excluding hydrogens is 256 g/mol. The van der Waals surface area contributed by atoms with Crippen LogP contribution in [-0.4, -0.2) is 10.0 Å². The molecule has 2 rings (SSSR count). The van der Waals surface area contributed by atoms with Gasteiger partial charge in [-0.15, -0.1) is 0 Å². The van der Waals surface area contributed by atoms with Gasteiger partial charge in [0.1, 0.15) is 11.4 Å². The van der Waals surface area contributed by atoms with Crippen molar-refractivity contribution in [2.24, 2.45) is 0 Å². The van der Waals surface area contributed by atoms with Crippen molar-refractivity contribution >= 4 is 11.4 Å². The molecule has 0 aliphatic rings. The van der Waals surface area contributed by atoms with E-state index in [1.807, 2.05) is 19.9 Å². The van der Waals surface area contributed by atoms with Crippen molar-refractivity contribution in [1.29, 1.82) is 0 Å². The number of nitrogens with one attached hydrogen (secondary N) is 1. The molecule has 0 aliphatic carbocycles. The van der Waals surface area contributed by atoms with E-state index in [4.69, 9.17) is 0 Å². The highest BCUT2D eigenvalue weighted by atomic mass is 16.6. The smallest absolute Gasteiger partial charge is 0.292 e. The summed E-state index contributed by atoms with van der Waals surface area (Å²) in [7, 11) is 0. The van der Waals surface area contributed by atoms with Gasteiger partial charge >= 0.3 is 0 Å². The summed E-state index contributed by atoms with van der Waals surface area (Å²) < 4.78 is 0. The zero-order valence-electron chi connectivity index (χ0n) is 11.4. The highest BCUT2D eigenvalue weighted by Gasteiger charge is 2.15. The lowest BCUT2D eigenvalue weighted by Gasteiger charge is -2.10. The molecule has 0 aromatic heterocycles. The number of anilines is 1. The summed E-state index contributed by atoms with van der Waals surface area (Å²) in [5, 5.41) is 23.8. The molecule has 0 atom stereocenters. The Hall–Kier alpha value is -2.56. The third-order valence-electron chi connectivity index (χ3n) is 3.27. The molecule has 2 N–H and O–H groups in total. The first-order chi connectivity index (χ1) is 9.49. The lowest BCUT2D eigenvalue weighted by atomic mass is 10.1. The third kappa shape index (κ3) is 2.88.